The van der Waals surface area contributed by atoms with Crippen LogP contribution in [0.5, 0.6) is 5.75 Å². The van der Waals surface area contributed by atoms with Gasteiger partial charge in [0.25, 0.3) is 5.91 Å². The van der Waals surface area contributed by atoms with Gasteiger partial charge in [-0.1, -0.05) is 43.2 Å². The number of benzene rings is 2. The van der Waals surface area contributed by atoms with Gasteiger partial charge < -0.3 is 4.74 Å². The zero-order valence-corrected chi connectivity index (χ0v) is 17.1. The molecule has 7 nitrogen and oxygen atoms in total. The number of amides is 1. The van der Waals surface area contributed by atoms with Crippen LogP contribution in [-0.2, 0) is 21.4 Å². The van der Waals surface area contributed by atoms with Crippen LogP contribution in [0.2, 0.25) is 0 Å². The zero-order chi connectivity index (χ0) is 20.9. The molecule has 1 amide bonds. The van der Waals surface area contributed by atoms with Gasteiger partial charge in [-0.15, -0.1) is 0 Å². The van der Waals surface area contributed by atoms with E-state index in [0.717, 1.165) is 31.2 Å². The van der Waals surface area contributed by atoms with Gasteiger partial charge in [-0.3, -0.25) is 10.0 Å². The highest BCUT2D eigenvalue weighted by atomic mass is 32.2. The average molecular weight is 419 g/mol. The molecular formula is C21H26N2O5S. The van der Waals surface area contributed by atoms with Crippen LogP contribution in [0, 0.1) is 5.92 Å². The fourth-order valence-corrected chi connectivity index (χ4v) is 5.54. The molecule has 0 aliphatic heterocycles. The molecule has 3 rings (SSSR count). The van der Waals surface area contributed by atoms with Gasteiger partial charge in [0.15, 0.2) is 0 Å². The first kappa shape index (κ1) is 21.3. The predicted molar refractivity (Wildman–Crippen MR) is 108 cm³/mol. The standard InChI is InChI=1S/C21H26N2O5S/c1-28-18-11-13-19(14-12-18)29(26,27)23(15-16-7-3-2-4-8-16)20(21(24)22-25)17-9-5-6-10-17/h2-4,7-8,11-14,17,20,25H,5-6,9-10,15H2,1H3,(H,22,24)/t20-/m1/s1. The van der Waals surface area contributed by atoms with E-state index in [0.29, 0.717) is 5.75 Å². The maximum absolute atomic E-state index is 13.6. The van der Waals surface area contributed by atoms with E-state index in [1.807, 2.05) is 30.3 Å². The van der Waals surface area contributed by atoms with Crippen molar-refractivity contribution in [1.29, 1.82) is 0 Å². The van der Waals surface area contributed by atoms with Gasteiger partial charge >= 0.3 is 0 Å². The van der Waals surface area contributed by atoms with Crippen molar-refractivity contribution in [2.24, 2.45) is 5.92 Å². The van der Waals surface area contributed by atoms with Crippen LogP contribution < -0.4 is 10.2 Å². The van der Waals surface area contributed by atoms with E-state index < -0.39 is 22.0 Å². The number of carbonyl (C=O) groups is 1. The minimum Gasteiger partial charge on any atom is -0.497 e. The van der Waals surface area contributed by atoms with E-state index in [1.165, 1.54) is 23.5 Å². The number of hydrogen-bond acceptors (Lipinski definition) is 5. The third-order valence-electron chi connectivity index (χ3n) is 5.38. The van der Waals surface area contributed by atoms with E-state index >= 15 is 0 Å². The SMILES string of the molecule is COc1ccc(S(=O)(=O)N(Cc2ccccc2)[C@@H](C(=O)NO)C2CCCC2)cc1. The monoisotopic (exact) mass is 418 g/mol. The van der Waals surface area contributed by atoms with E-state index in [2.05, 4.69) is 0 Å². The van der Waals surface area contributed by atoms with E-state index in [9.17, 15) is 18.4 Å². The quantitative estimate of drug-likeness (QED) is 0.508. The van der Waals surface area contributed by atoms with Crippen molar-refractivity contribution >= 4 is 15.9 Å². The Morgan fingerprint density at radius 2 is 1.76 bits per heavy atom. The summed E-state index contributed by atoms with van der Waals surface area (Å²) in [4.78, 5) is 12.7. The van der Waals surface area contributed by atoms with Crippen molar-refractivity contribution in [2.75, 3.05) is 7.11 Å². The van der Waals surface area contributed by atoms with Gasteiger partial charge in [0.1, 0.15) is 11.8 Å². The summed E-state index contributed by atoms with van der Waals surface area (Å²) in [5.74, 6) is -0.317. The summed E-state index contributed by atoms with van der Waals surface area (Å²) in [5.41, 5.74) is 2.45. The topological polar surface area (TPSA) is 95.9 Å². The molecule has 156 valence electrons. The van der Waals surface area contributed by atoms with Crippen LogP contribution in [0.4, 0.5) is 0 Å². The molecule has 0 bridgehead atoms. The molecule has 1 aliphatic rings. The second-order valence-corrected chi connectivity index (χ2v) is 9.07. The van der Waals surface area contributed by atoms with Crippen molar-refractivity contribution in [1.82, 2.24) is 9.79 Å². The molecule has 2 aromatic carbocycles. The molecule has 1 saturated carbocycles. The molecule has 0 unspecified atom stereocenters. The molecule has 29 heavy (non-hydrogen) atoms. The molecule has 1 fully saturated rings. The average Bonchev–Trinajstić information content (AvgIpc) is 3.28. The van der Waals surface area contributed by atoms with E-state index in [4.69, 9.17) is 4.74 Å². The number of hydroxylamine groups is 1. The normalized spacial score (nSPS) is 16.0. The fraction of sp³-hybridized carbons (Fsp3) is 0.381. The maximum Gasteiger partial charge on any atom is 0.262 e. The zero-order valence-electron chi connectivity index (χ0n) is 16.3. The van der Waals surface area contributed by atoms with Crippen LogP contribution in [0.1, 0.15) is 31.2 Å². The minimum absolute atomic E-state index is 0.0315. The third kappa shape index (κ3) is 4.77. The van der Waals surface area contributed by atoms with Crippen LogP contribution in [-0.4, -0.2) is 37.0 Å². The van der Waals surface area contributed by atoms with Crippen molar-refractivity contribution in [3.63, 3.8) is 0 Å². The predicted octanol–water partition coefficient (Wildman–Crippen LogP) is 2.95. The van der Waals surface area contributed by atoms with Gasteiger partial charge in [0, 0.05) is 6.54 Å². The highest BCUT2D eigenvalue weighted by Crippen LogP contribution is 2.34. The minimum atomic E-state index is -4.01. The summed E-state index contributed by atoms with van der Waals surface area (Å²) in [6.45, 7) is 0.0315. The van der Waals surface area contributed by atoms with Crippen molar-refractivity contribution in [3.8, 4) is 5.75 Å². The summed E-state index contributed by atoms with van der Waals surface area (Å²) >= 11 is 0. The molecule has 2 N–H and O–H groups in total. The molecule has 0 spiro atoms. The second-order valence-electron chi connectivity index (χ2n) is 7.18. The third-order valence-corrected chi connectivity index (χ3v) is 7.22. The van der Waals surface area contributed by atoms with E-state index in [1.54, 1.807) is 17.6 Å². The number of ether oxygens (including phenoxy) is 1. The molecule has 0 radical (unpaired) electrons. The van der Waals surface area contributed by atoms with Gasteiger partial charge in [-0.05, 0) is 48.6 Å². The lowest BCUT2D eigenvalue weighted by molar-refractivity contribution is -0.135. The Balaban J connectivity index is 2.05. The fourth-order valence-electron chi connectivity index (χ4n) is 3.90. The Bertz CT molecular complexity index is 910. The molecule has 0 heterocycles. The largest absolute Gasteiger partial charge is 0.497 e. The number of hydrogen-bond donors (Lipinski definition) is 2. The lowest BCUT2D eigenvalue weighted by atomic mass is 9.97. The maximum atomic E-state index is 13.6. The lowest BCUT2D eigenvalue weighted by Gasteiger charge is -2.33. The number of carbonyl (C=O) groups excluding carboxylic acids is 1. The van der Waals surface area contributed by atoms with Gasteiger partial charge in [-0.25, -0.2) is 13.9 Å². The van der Waals surface area contributed by atoms with Crippen molar-refractivity contribution in [2.45, 2.75) is 43.2 Å². The van der Waals surface area contributed by atoms with Gasteiger partial charge in [0.05, 0.1) is 12.0 Å². The number of nitrogens with one attached hydrogen (secondary N) is 1. The Labute approximate surface area is 171 Å². The summed E-state index contributed by atoms with van der Waals surface area (Å²) in [5, 5.41) is 9.35. The van der Waals surface area contributed by atoms with Crippen LogP contribution >= 0.6 is 0 Å². The molecule has 1 atom stereocenters. The van der Waals surface area contributed by atoms with Crippen molar-refractivity contribution < 1.29 is 23.2 Å². The highest BCUT2D eigenvalue weighted by Gasteiger charge is 2.41. The Morgan fingerprint density at radius 1 is 1.14 bits per heavy atom. The summed E-state index contributed by atoms with van der Waals surface area (Å²) in [6.07, 6.45) is 3.34. The first-order valence-corrected chi connectivity index (χ1v) is 11.0. The molecule has 0 saturated heterocycles. The van der Waals surface area contributed by atoms with Crippen LogP contribution in [0.15, 0.2) is 59.5 Å². The smallest absolute Gasteiger partial charge is 0.262 e. The van der Waals surface area contributed by atoms with Crippen LogP contribution in [0.3, 0.4) is 0 Å². The number of rotatable bonds is 8. The molecule has 0 aromatic heterocycles. The second kappa shape index (κ2) is 9.39. The molecule has 8 heteroatoms. The van der Waals surface area contributed by atoms with E-state index in [-0.39, 0.29) is 17.4 Å². The number of nitrogens with zero attached hydrogens (tertiary/aromatic N) is 1. The van der Waals surface area contributed by atoms with Gasteiger partial charge in [0.2, 0.25) is 10.0 Å². The molecule has 2 aromatic rings. The molecule has 1 aliphatic carbocycles. The number of methoxy groups -OCH3 is 1. The highest BCUT2D eigenvalue weighted by molar-refractivity contribution is 7.89. The Hall–Kier alpha value is -2.42. The Morgan fingerprint density at radius 3 is 2.31 bits per heavy atom. The van der Waals surface area contributed by atoms with Gasteiger partial charge in [-0.2, -0.15) is 4.31 Å². The first-order valence-electron chi connectivity index (χ1n) is 9.61. The summed E-state index contributed by atoms with van der Waals surface area (Å²) in [7, 11) is -2.50. The molecular weight excluding hydrogens is 392 g/mol. The van der Waals surface area contributed by atoms with Crippen molar-refractivity contribution in [3.05, 3.63) is 60.2 Å². The Kier molecular flexibility index (Phi) is 6.89. The first-order chi connectivity index (χ1) is 14.0. The number of sulfonamides is 1. The lowest BCUT2D eigenvalue weighted by Crippen LogP contribution is -2.51. The summed E-state index contributed by atoms with van der Waals surface area (Å²) in [6, 6.07) is 14.2. The summed E-state index contributed by atoms with van der Waals surface area (Å²) < 4.78 is 33.5. The van der Waals surface area contributed by atoms with Crippen LogP contribution in [0.25, 0.3) is 0 Å².